The highest BCUT2D eigenvalue weighted by Gasteiger charge is 2.25. The lowest BCUT2D eigenvalue weighted by molar-refractivity contribution is 0.0672. The van der Waals surface area contributed by atoms with Crippen molar-refractivity contribution >= 4 is 11.8 Å². The number of rotatable bonds is 4. The quantitative estimate of drug-likeness (QED) is 0.847. The fraction of sp³-hybridized carbons (Fsp3) is 0.400. The standard InChI is InChI=1S/C20H24N4O2/c1-23(2)20(26)18-12-17(21-14-22-18)11-15-7-6-10-24(13-15)19(25)16-8-4-3-5-9-16/h3-5,8-9,12,14-15H,6-7,10-11,13H2,1-2H3/t15-/m1/s1. The van der Waals surface area contributed by atoms with Gasteiger partial charge in [0, 0.05) is 38.4 Å². The van der Waals surface area contributed by atoms with Gasteiger partial charge in [0.05, 0.1) is 0 Å². The van der Waals surface area contributed by atoms with Crippen molar-refractivity contribution in [3.63, 3.8) is 0 Å². The predicted molar refractivity (Wildman–Crippen MR) is 98.8 cm³/mol. The molecule has 0 unspecified atom stereocenters. The Kier molecular flexibility index (Phi) is 5.61. The van der Waals surface area contributed by atoms with Gasteiger partial charge >= 0.3 is 0 Å². The summed E-state index contributed by atoms with van der Waals surface area (Å²) in [5, 5.41) is 0. The molecule has 2 amide bonds. The third-order valence-electron chi connectivity index (χ3n) is 4.67. The molecule has 3 rings (SSSR count). The maximum atomic E-state index is 12.7. The van der Waals surface area contributed by atoms with Gasteiger partial charge in [-0.05, 0) is 43.4 Å². The van der Waals surface area contributed by atoms with Crippen LogP contribution in [0.15, 0.2) is 42.7 Å². The van der Waals surface area contributed by atoms with Crippen LogP contribution in [-0.4, -0.2) is 58.8 Å². The van der Waals surface area contributed by atoms with Crippen LogP contribution < -0.4 is 0 Å². The van der Waals surface area contributed by atoms with Crippen molar-refractivity contribution in [2.45, 2.75) is 19.3 Å². The molecule has 1 aromatic heterocycles. The molecule has 0 N–H and O–H groups in total. The average molecular weight is 352 g/mol. The van der Waals surface area contributed by atoms with Crippen molar-refractivity contribution in [2.24, 2.45) is 5.92 Å². The monoisotopic (exact) mass is 352 g/mol. The molecule has 6 nitrogen and oxygen atoms in total. The molecule has 1 aliphatic heterocycles. The molecule has 0 radical (unpaired) electrons. The van der Waals surface area contributed by atoms with E-state index in [1.807, 2.05) is 35.2 Å². The van der Waals surface area contributed by atoms with Crippen LogP contribution in [-0.2, 0) is 6.42 Å². The second-order valence-electron chi connectivity index (χ2n) is 6.92. The molecule has 26 heavy (non-hydrogen) atoms. The zero-order chi connectivity index (χ0) is 18.5. The summed E-state index contributed by atoms with van der Waals surface area (Å²) in [5.74, 6) is 0.299. The Morgan fingerprint density at radius 3 is 2.69 bits per heavy atom. The van der Waals surface area contributed by atoms with Crippen LogP contribution in [0, 0.1) is 5.92 Å². The first kappa shape index (κ1) is 18.0. The molecule has 0 bridgehead atoms. The summed E-state index contributed by atoms with van der Waals surface area (Å²) >= 11 is 0. The number of hydrogen-bond acceptors (Lipinski definition) is 4. The minimum absolute atomic E-state index is 0.0847. The predicted octanol–water partition coefficient (Wildman–Crippen LogP) is 2.27. The van der Waals surface area contributed by atoms with Crippen LogP contribution >= 0.6 is 0 Å². The van der Waals surface area contributed by atoms with E-state index in [0.29, 0.717) is 18.2 Å². The number of aromatic nitrogens is 2. The van der Waals surface area contributed by atoms with E-state index >= 15 is 0 Å². The molecule has 2 aromatic rings. The summed E-state index contributed by atoms with van der Waals surface area (Å²) in [6, 6.07) is 11.2. The minimum Gasteiger partial charge on any atom is -0.343 e. The summed E-state index contributed by atoms with van der Waals surface area (Å²) in [6.07, 6.45) is 4.23. The second kappa shape index (κ2) is 8.08. The first-order chi connectivity index (χ1) is 12.5. The zero-order valence-electron chi connectivity index (χ0n) is 15.3. The number of hydrogen-bond donors (Lipinski definition) is 0. The molecular weight excluding hydrogens is 328 g/mol. The lowest BCUT2D eigenvalue weighted by Crippen LogP contribution is -2.40. The normalized spacial score (nSPS) is 17.0. The van der Waals surface area contributed by atoms with Crippen molar-refractivity contribution in [3.05, 3.63) is 59.7 Å². The Morgan fingerprint density at radius 1 is 1.19 bits per heavy atom. The zero-order valence-corrected chi connectivity index (χ0v) is 15.3. The van der Waals surface area contributed by atoms with Crippen LogP contribution in [0.25, 0.3) is 0 Å². The van der Waals surface area contributed by atoms with Gasteiger partial charge in [0.1, 0.15) is 12.0 Å². The lowest BCUT2D eigenvalue weighted by atomic mass is 9.92. The molecule has 1 fully saturated rings. The van der Waals surface area contributed by atoms with Gasteiger partial charge in [0.15, 0.2) is 0 Å². The number of benzene rings is 1. The van der Waals surface area contributed by atoms with E-state index in [2.05, 4.69) is 9.97 Å². The molecule has 1 saturated heterocycles. The number of carbonyl (C=O) groups is 2. The number of nitrogens with zero attached hydrogens (tertiary/aromatic N) is 4. The molecule has 0 spiro atoms. The molecule has 0 saturated carbocycles. The lowest BCUT2D eigenvalue weighted by Gasteiger charge is -2.32. The molecule has 1 atom stereocenters. The van der Waals surface area contributed by atoms with Crippen molar-refractivity contribution in [3.8, 4) is 0 Å². The topological polar surface area (TPSA) is 66.4 Å². The highest BCUT2D eigenvalue weighted by atomic mass is 16.2. The fourth-order valence-electron chi connectivity index (χ4n) is 3.33. The van der Waals surface area contributed by atoms with Gasteiger partial charge in [-0.3, -0.25) is 9.59 Å². The van der Waals surface area contributed by atoms with Gasteiger partial charge < -0.3 is 9.80 Å². The molecule has 1 aromatic carbocycles. The van der Waals surface area contributed by atoms with Crippen molar-refractivity contribution < 1.29 is 9.59 Å². The highest BCUT2D eigenvalue weighted by molar-refractivity contribution is 5.94. The van der Waals surface area contributed by atoms with Crippen molar-refractivity contribution in [2.75, 3.05) is 27.2 Å². The van der Waals surface area contributed by atoms with Crippen LogP contribution in [0.2, 0.25) is 0 Å². The average Bonchev–Trinajstić information content (AvgIpc) is 2.68. The maximum absolute atomic E-state index is 12.7. The van der Waals surface area contributed by atoms with Crippen LogP contribution in [0.3, 0.4) is 0 Å². The van der Waals surface area contributed by atoms with E-state index in [0.717, 1.165) is 37.1 Å². The van der Waals surface area contributed by atoms with Gasteiger partial charge in [-0.1, -0.05) is 18.2 Å². The number of piperidine rings is 1. The van der Waals surface area contributed by atoms with E-state index in [1.54, 1.807) is 20.2 Å². The van der Waals surface area contributed by atoms with Crippen LogP contribution in [0.4, 0.5) is 0 Å². The third kappa shape index (κ3) is 4.25. The Hall–Kier alpha value is -2.76. The van der Waals surface area contributed by atoms with Crippen molar-refractivity contribution in [1.29, 1.82) is 0 Å². The molecule has 6 heteroatoms. The van der Waals surface area contributed by atoms with Crippen LogP contribution in [0.5, 0.6) is 0 Å². The Balaban J connectivity index is 1.66. The van der Waals surface area contributed by atoms with E-state index in [-0.39, 0.29) is 11.8 Å². The van der Waals surface area contributed by atoms with E-state index in [1.165, 1.54) is 11.2 Å². The number of carbonyl (C=O) groups excluding carboxylic acids is 2. The van der Waals surface area contributed by atoms with Gasteiger partial charge in [-0.15, -0.1) is 0 Å². The first-order valence-electron chi connectivity index (χ1n) is 8.91. The summed E-state index contributed by atoms with van der Waals surface area (Å²) in [5.41, 5.74) is 1.99. The maximum Gasteiger partial charge on any atom is 0.272 e. The smallest absolute Gasteiger partial charge is 0.272 e. The largest absolute Gasteiger partial charge is 0.343 e. The summed E-state index contributed by atoms with van der Waals surface area (Å²) < 4.78 is 0. The Bertz CT molecular complexity index is 776. The number of likely N-dealkylation sites (tertiary alicyclic amines) is 1. The highest BCUT2D eigenvalue weighted by Crippen LogP contribution is 2.22. The Labute approximate surface area is 153 Å². The minimum atomic E-state index is -0.127. The van der Waals surface area contributed by atoms with Gasteiger partial charge in [0.25, 0.3) is 11.8 Å². The molecule has 0 aliphatic carbocycles. The van der Waals surface area contributed by atoms with Gasteiger partial charge in [-0.25, -0.2) is 9.97 Å². The molecular formula is C20H24N4O2. The first-order valence-corrected chi connectivity index (χ1v) is 8.91. The number of amides is 2. The van der Waals surface area contributed by atoms with Gasteiger partial charge in [-0.2, -0.15) is 0 Å². The van der Waals surface area contributed by atoms with Crippen LogP contribution in [0.1, 0.15) is 39.4 Å². The summed E-state index contributed by atoms with van der Waals surface area (Å²) in [6.45, 7) is 1.51. The SMILES string of the molecule is CN(C)C(=O)c1cc(C[C@H]2CCCN(C(=O)c3ccccc3)C2)ncn1. The van der Waals surface area contributed by atoms with E-state index in [4.69, 9.17) is 0 Å². The molecule has 136 valence electrons. The summed E-state index contributed by atoms with van der Waals surface area (Å²) in [4.78, 5) is 36.6. The third-order valence-corrected chi connectivity index (χ3v) is 4.67. The van der Waals surface area contributed by atoms with Crippen molar-refractivity contribution in [1.82, 2.24) is 19.8 Å². The fourth-order valence-corrected chi connectivity index (χ4v) is 3.33. The Morgan fingerprint density at radius 2 is 1.96 bits per heavy atom. The molecule has 2 heterocycles. The van der Waals surface area contributed by atoms with E-state index < -0.39 is 0 Å². The second-order valence-corrected chi connectivity index (χ2v) is 6.92. The van der Waals surface area contributed by atoms with Gasteiger partial charge in [0.2, 0.25) is 0 Å². The summed E-state index contributed by atoms with van der Waals surface area (Å²) in [7, 11) is 3.41. The molecule has 1 aliphatic rings. The van der Waals surface area contributed by atoms with E-state index in [9.17, 15) is 9.59 Å².